The number of carbonyl (C=O) groups excluding carboxylic acids is 1. The van der Waals surface area contributed by atoms with Crippen LogP contribution in [0.5, 0.6) is 0 Å². The largest absolute Gasteiger partial charge is 0.295 e. The predicted octanol–water partition coefficient (Wildman–Crippen LogP) is 2.45. The van der Waals surface area contributed by atoms with Gasteiger partial charge in [-0.1, -0.05) is 18.2 Å². The number of aryl methyl sites for hydroxylation is 2. The topological polar surface area (TPSA) is 122 Å². The predicted molar refractivity (Wildman–Crippen MR) is 104 cm³/mol. The van der Waals surface area contributed by atoms with E-state index in [0.717, 1.165) is 11.3 Å². The maximum Gasteiger partial charge on any atom is 0.280 e. The SMILES string of the molecule is Cc1ccccc1-n1[nH]c(C)c(/C=N/NC(=O)c2ccc([N+](=O)[O-])cc2)c1=O. The number of rotatable bonds is 5. The number of nitro groups is 1. The van der Waals surface area contributed by atoms with Gasteiger partial charge in [-0.3, -0.25) is 24.8 Å². The number of nitrogens with zero attached hydrogens (tertiary/aromatic N) is 3. The minimum atomic E-state index is -0.548. The number of carbonyl (C=O) groups is 1. The Morgan fingerprint density at radius 1 is 1.18 bits per heavy atom. The Balaban J connectivity index is 1.78. The normalized spacial score (nSPS) is 10.9. The first-order valence-electron chi connectivity index (χ1n) is 8.34. The Kier molecular flexibility index (Phi) is 5.16. The third-order valence-electron chi connectivity index (χ3n) is 4.17. The maximum absolute atomic E-state index is 12.7. The number of benzene rings is 2. The van der Waals surface area contributed by atoms with Crippen molar-refractivity contribution in [1.82, 2.24) is 15.2 Å². The van der Waals surface area contributed by atoms with E-state index in [9.17, 15) is 19.7 Å². The summed E-state index contributed by atoms with van der Waals surface area (Å²) >= 11 is 0. The zero-order valence-electron chi connectivity index (χ0n) is 15.2. The molecule has 142 valence electrons. The molecule has 0 bridgehead atoms. The van der Waals surface area contributed by atoms with Crippen LogP contribution < -0.4 is 11.0 Å². The zero-order chi connectivity index (χ0) is 20.3. The molecule has 0 atom stereocenters. The zero-order valence-corrected chi connectivity index (χ0v) is 15.2. The molecule has 0 aliphatic rings. The van der Waals surface area contributed by atoms with E-state index >= 15 is 0 Å². The first-order valence-corrected chi connectivity index (χ1v) is 8.34. The van der Waals surface area contributed by atoms with Crippen LogP contribution in [0.15, 0.2) is 58.4 Å². The van der Waals surface area contributed by atoms with E-state index in [-0.39, 0.29) is 16.8 Å². The molecule has 0 saturated carbocycles. The molecule has 0 unspecified atom stereocenters. The second-order valence-corrected chi connectivity index (χ2v) is 6.08. The molecule has 1 aromatic heterocycles. The number of para-hydroxylation sites is 1. The van der Waals surface area contributed by atoms with E-state index in [1.807, 2.05) is 31.2 Å². The van der Waals surface area contributed by atoms with E-state index in [1.54, 1.807) is 6.92 Å². The van der Waals surface area contributed by atoms with Crippen LogP contribution in [0, 0.1) is 24.0 Å². The summed E-state index contributed by atoms with van der Waals surface area (Å²) in [5, 5.41) is 17.5. The van der Waals surface area contributed by atoms with Gasteiger partial charge in [0.2, 0.25) is 0 Å². The molecule has 0 saturated heterocycles. The van der Waals surface area contributed by atoms with Gasteiger partial charge in [0.25, 0.3) is 17.2 Å². The fourth-order valence-electron chi connectivity index (χ4n) is 2.65. The van der Waals surface area contributed by atoms with Crippen LogP contribution in [0.3, 0.4) is 0 Å². The third kappa shape index (κ3) is 3.73. The second-order valence-electron chi connectivity index (χ2n) is 6.08. The Hall–Kier alpha value is -4.01. The molecule has 9 heteroatoms. The van der Waals surface area contributed by atoms with Crippen LogP contribution in [0.4, 0.5) is 5.69 Å². The van der Waals surface area contributed by atoms with Crippen molar-refractivity contribution in [1.29, 1.82) is 0 Å². The van der Waals surface area contributed by atoms with Crippen molar-refractivity contribution in [3.05, 3.63) is 91.4 Å². The third-order valence-corrected chi connectivity index (χ3v) is 4.17. The monoisotopic (exact) mass is 379 g/mol. The molecular weight excluding hydrogens is 362 g/mol. The lowest BCUT2D eigenvalue weighted by molar-refractivity contribution is -0.384. The van der Waals surface area contributed by atoms with Crippen molar-refractivity contribution < 1.29 is 9.72 Å². The van der Waals surface area contributed by atoms with E-state index in [4.69, 9.17) is 0 Å². The summed E-state index contributed by atoms with van der Waals surface area (Å²) in [5.74, 6) is -0.543. The molecule has 1 heterocycles. The number of nitro benzene ring substituents is 1. The molecule has 0 radical (unpaired) electrons. The summed E-state index contributed by atoms with van der Waals surface area (Å²) in [4.78, 5) is 34.8. The number of amides is 1. The number of nitrogens with one attached hydrogen (secondary N) is 2. The van der Waals surface area contributed by atoms with Crippen molar-refractivity contribution in [3.63, 3.8) is 0 Å². The number of aromatic nitrogens is 2. The molecule has 0 fully saturated rings. The fraction of sp³-hybridized carbons (Fsp3) is 0.105. The first-order chi connectivity index (χ1) is 13.4. The molecule has 0 aliphatic carbocycles. The van der Waals surface area contributed by atoms with E-state index in [2.05, 4.69) is 15.6 Å². The Bertz CT molecular complexity index is 1130. The highest BCUT2D eigenvalue weighted by Gasteiger charge is 2.12. The van der Waals surface area contributed by atoms with E-state index < -0.39 is 10.8 Å². The van der Waals surface area contributed by atoms with Gasteiger partial charge in [-0.2, -0.15) is 5.10 Å². The highest BCUT2D eigenvalue weighted by molar-refractivity contribution is 5.95. The van der Waals surface area contributed by atoms with Crippen molar-refractivity contribution in [2.24, 2.45) is 5.10 Å². The molecule has 3 aromatic rings. The highest BCUT2D eigenvalue weighted by Crippen LogP contribution is 2.12. The van der Waals surface area contributed by atoms with Gasteiger partial charge < -0.3 is 0 Å². The van der Waals surface area contributed by atoms with Crippen molar-refractivity contribution in [2.45, 2.75) is 13.8 Å². The molecule has 28 heavy (non-hydrogen) atoms. The Labute approximate surface area is 159 Å². The van der Waals surface area contributed by atoms with Gasteiger partial charge in [0, 0.05) is 23.4 Å². The van der Waals surface area contributed by atoms with Crippen LogP contribution in [0.2, 0.25) is 0 Å². The Morgan fingerprint density at radius 2 is 1.86 bits per heavy atom. The molecule has 2 aromatic carbocycles. The summed E-state index contributed by atoms with van der Waals surface area (Å²) in [6.45, 7) is 3.63. The van der Waals surface area contributed by atoms with Gasteiger partial charge in [-0.25, -0.2) is 10.1 Å². The van der Waals surface area contributed by atoms with Crippen molar-refractivity contribution >= 4 is 17.8 Å². The summed E-state index contributed by atoms with van der Waals surface area (Å²) in [6, 6.07) is 12.6. The van der Waals surface area contributed by atoms with Gasteiger partial charge in [0.1, 0.15) is 0 Å². The van der Waals surface area contributed by atoms with Gasteiger partial charge in [-0.15, -0.1) is 0 Å². The molecular formula is C19H17N5O4. The lowest BCUT2D eigenvalue weighted by atomic mass is 10.2. The summed E-state index contributed by atoms with van der Waals surface area (Å²) in [6.07, 6.45) is 1.27. The smallest absolute Gasteiger partial charge is 0.280 e. The number of aromatic amines is 1. The number of hydrogen-bond acceptors (Lipinski definition) is 5. The van der Waals surface area contributed by atoms with Crippen LogP contribution >= 0.6 is 0 Å². The first kappa shape index (κ1) is 18.8. The maximum atomic E-state index is 12.7. The fourth-order valence-corrected chi connectivity index (χ4v) is 2.65. The lowest BCUT2D eigenvalue weighted by Gasteiger charge is -2.04. The van der Waals surface area contributed by atoms with Gasteiger partial charge in [0.05, 0.1) is 22.4 Å². The molecule has 0 spiro atoms. The number of non-ortho nitro benzene ring substituents is 1. The second kappa shape index (κ2) is 7.70. The standard InChI is InChI=1S/C19H17N5O4/c1-12-5-3-4-6-17(12)23-19(26)16(13(2)22-23)11-20-21-18(25)14-7-9-15(10-8-14)24(27)28/h3-11,22H,1-2H3,(H,21,25)/b20-11+. The minimum Gasteiger partial charge on any atom is -0.295 e. The van der Waals surface area contributed by atoms with Crippen LogP contribution in [0.1, 0.15) is 27.2 Å². The van der Waals surface area contributed by atoms with Gasteiger partial charge >= 0.3 is 0 Å². The van der Waals surface area contributed by atoms with Gasteiger partial charge in [-0.05, 0) is 37.6 Å². The highest BCUT2D eigenvalue weighted by atomic mass is 16.6. The van der Waals surface area contributed by atoms with E-state index in [1.165, 1.54) is 35.2 Å². The van der Waals surface area contributed by atoms with Crippen LogP contribution in [-0.4, -0.2) is 26.8 Å². The molecule has 2 N–H and O–H groups in total. The van der Waals surface area contributed by atoms with Gasteiger partial charge in [0.15, 0.2) is 0 Å². The van der Waals surface area contributed by atoms with Crippen LogP contribution in [-0.2, 0) is 0 Å². The lowest BCUT2D eigenvalue weighted by Crippen LogP contribution is -2.20. The molecule has 9 nitrogen and oxygen atoms in total. The molecule has 1 amide bonds. The summed E-state index contributed by atoms with van der Waals surface area (Å²) in [7, 11) is 0. The number of hydrazone groups is 1. The number of hydrogen-bond donors (Lipinski definition) is 2. The minimum absolute atomic E-state index is 0.111. The summed E-state index contributed by atoms with van der Waals surface area (Å²) < 4.78 is 1.42. The average molecular weight is 379 g/mol. The van der Waals surface area contributed by atoms with Crippen LogP contribution in [0.25, 0.3) is 5.69 Å². The quantitative estimate of drug-likeness (QED) is 0.401. The number of H-pyrrole nitrogens is 1. The molecule has 0 aliphatic heterocycles. The van der Waals surface area contributed by atoms with Crippen molar-refractivity contribution in [2.75, 3.05) is 0 Å². The summed E-state index contributed by atoms with van der Waals surface area (Å²) in [5.41, 5.74) is 4.69. The average Bonchev–Trinajstić information content (AvgIpc) is 2.96. The Morgan fingerprint density at radius 3 is 2.50 bits per heavy atom. The van der Waals surface area contributed by atoms with E-state index in [0.29, 0.717) is 11.3 Å². The van der Waals surface area contributed by atoms with Crippen molar-refractivity contribution in [3.8, 4) is 5.69 Å². The molecule has 3 rings (SSSR count).